The molecule has 2 nitrogen and oxygen atoms in total. The Balaban J connectivity index is 2.22. The minimum Gasteiger partial charge on any atom is -0.380 e. The highest BCUT2D eigenvalue weighted by Crippen LogP contribution is 2.34. The molecule has 0 aromatic carbocycles. The molecule has 11 heavy (non-hydrogen) atoms. The second-order valence-corrected chi connectivity index (χ2v) is 3.90. The normalized spacial score (nSPS) is 21.8. The van der Waals surface area contributed by atoms with Crippen molar-refractivity contribution in [2.24, 2.45) is 5.41 Å². The van der Waals surface area contributed by atoms with Crippen molar-refractivity contribution in [1.29, 1.82) is 0 Å². The molecular weight excluding hydrogens is 138 g/mol. The summed E-state index contributed by atoms with van der Waals surface area (Å²) in [6.07, 6.45) is 2.55. The maximum Gasteiger partial charge on any atom is 0.0545 e. The van der Waals surface area contributed by atoms with Gasteiger partial charge in [0.1, 0.15) is 0 Å². The predicted molar refractivity (Wildman–Crippen MR) is 46.7 cm³/mol. The number of nitrogens with zero attached hydrogens (tertiary/aromatic N) is 1. The summed E-state index contributed by atoms with van der Waals surface area (Å²) in [4.78, 5) is 2.25. The molecule has 0 aromatic heterocycles. The Bertz CT molecular complexity index is 113. The molecule has 0 aliphatic carbocycles. The maximum absolute atomic E-state index is 5.24. The fourth-order valence-electron chi connectivity index (χ4n) is 1.38. The zero-order valence-electron chi connectivity index (χ0n) is 7.89. The summed E-state index contributed by atoms with van der Waals surface area (Å²) in [5, 5.41) is 0. The summed E-state index contributed by atoms with van der Waals surface area (Å²) in [5.41, 5.74) is 0.532. The van der Waals surface area contributed by atoms with Crippen molar-refractivity contribution in [3.8, 4) is 0 Å². The Hall–Kier alpha value is -0.0800. The van der Waals surface area contributed by atoms with E-state index in [-0.39, 0.29) is 0 Å². The SMILES string of the molecule is CCC1(CCN(C)C)COC1. The lowest BCUT2D eigenvalue weighted by Gasteiger charge is -2.41. The molecule has 1 aliphatic rings. The van der Waals surface area contributed by atoms with Crippen molar-refractivity contribution in [3.05, 3.63) is 0 Å². The van der Waals surface area contributed by atoms with Crippen molar-refractivity contribution in [2.45, 2.75) is 19.8 Å². The molecule has 1 fully saturated rings. The van der Waals surface area contributed by atoms with Crippen LogP contribution in [0.1, 0.15) is 19.8 Å². The molecule has 0 amide bonds. The third-order valence-corrected chi connectivity index (χ3v) is 2.66. The lowest BCUT2D eigenvalue weighted by molar-refractivity contribution is -0.121. The van der Waals surface area contributed by atoms with E-state index in [1.54, 1.807) is 0 Å². The quantitative estimate of drug-likeness (QED) is 0.611. The van der Waals surface area contributed by atoms with E-state index in [0.717, 1.165) is 13.2 Å². The minimum absolute atomic E-state index is 0.532. The standard InChI is InChI=1S/C9H19NO/c1-4-9(7-11-8-9)5-6-10(2)3/h4-8H2,1-3H3. The largest absolute Gasteiger partial charge is 0.380 e. The van der Waals surface area contributed by atoms with Crippen LogP contribution in [0.2, 0.25) is 0 Å². The lowest BCUT2D eigenvalue weighted by Crippen LogP contribution is -2.43. The van der Waals surface area contributed by atoms with Crippen molar-refractivity contribution in [3.63, 3.8) is 0 Å². The van der Waals surface area contributed by atoms with Gasteiger partial charge in [-0.15, -0.1) is 0 Å². The van der Waals surface area contributed by atoms with E-state index in [1.807, 2.05) is 0 Å². The van der Waals surface area contributed by atoms with Crippen molar-refractivity contribution in [2.75, 3.05) is 33.9 Å². The fraction of sp³-hybridized carbons (Fsp3) is 1.00. The summed E-state index contributed by atoms with van der Waals surface area (Å²) >= 11 is 0. The molecule has 1 saturated heterocycles. The van der Waals surface area contributed by atoms with Gasteiger partial charge in [-0.1, -0.05) is 6.92 Å². The lowest BCUT2D eigenvalue weighted by atomic mass is 9.80. The van der Waals surface area contributed by atoms with E-state index < -0.39 is 0 Å². The fourth-order valence-corrected chi connectivity index (χ4v) is 1.38. The minimum atomic E-state index is 0.532. The average molecular weight is 157 g/mol. The van der Waals surface area contributed by atoms with E-state index in [0.29, 0.717) is 5.41 Å². The summed E-state index contributed by atoms with van der Waals surface area (Å²) in [7, 11) is 4.26. The Morgan fingerprint density at radius 2 is 2.00 bits per heavy atom. The smallest absolute Gasteiger partial charge is 0.0545 e. The van der Waals surface area contributed by atoms with Crippen LogP contribution in [0.3, 0.4) is 0 Å². The van der Waals surface area contributed by atoms with Gasteiger partial charge in [0.2, 0.25) is 0 Å². The van der Waals surface area contributed by atoms with Gasteiger partial charge in [-0.2, -0.15) is 0 Å². The number of hydrogen-bond donors (Lipinski definition) is 0. The van der Waals surface area contributed by atoms with Crippen LogP contribution in [0.4, 0.5) is 0 Å². The van der Waals surface area contributed by atoms with E-state index in [1.165, 1.54) is 19.4 Å². The molecule has 0 aromatic rings. The second kappa shape index (κ2) is 3.55. The molecule has 0 unspecified atom stereocenters. The topological polar surface area (TPSA) is 12.5 Å². The summed E-state index contributed by atoms with van der Waals surface area (Å²) in [6, 6.07) is 0. The van der Waals surface area contributed by atoms with Gasteiger partial charge in [0.15, 0.2) is 0 Å². The third kappa shape index (κ3) is 2.17. The Morgan fingerprint density at radius 3 is 2.27 bits per heavy atom. The molecule has 0 atom stereocenters. The second-order valence-electron chi connectivity index (χ2n) is 3.90. The Labute approximate surface area is 69.5 Å². The van der Waals surface area contributed by atoms with Gasteiger partial charge in [0.25, 0.3) is 0 Å². The average Bonchev–Trinajstić information content (AvgIpc) is 1.86. The van der Waals surface area contributed by atoms with Crippen LogP contribution in [-0.2, 0) is 4.74 Å². The van der Waals surface area contributed by atoms with Gasteiger partial charge in [0, 0.05) is 5.41 Å². The van der Waals surface area contributed by atoms with Crippen LogP contribution in [0.5, 0.6) is 0 Å². The summed E-state index contributed by atoms with van der Waals surface area (Å²) in [6.45, 7) is 5.42. The summed E-state index contributed by atoms with van der Waals surface area (Å²) < 4.78 is 5.24. The molecule has 0 spiro atoms. The molecule has 0 radical (unpaired) electrons. The van der Waals surface area contributed by atoms with Crippen molar-refractivity contribution >= 4 is 0 Å². The molecule has 0 bridgehead atoms. The van der Waals surface area contributed by atoms with Gasteiger partial charge in [-0.05, 0) is 33.5 Å². The highest BCUT2D eigenvalue weighted by molar-refractivity contribution is 4.84. The first kappa shape index (κ1) is 9.01. The summed E-state index contributed by atoms with van der Waals surface area (Å²) in [5.74, 6) is 0. The molecule has 1 rings (SSSR count). The zero-order valence-corrected chi connectivity index (χ0v) is 7.89. The van der Waals surface area contributed by atoms with Crippen LogP contribution in [0.15, 0.2) is 0 Å². The molecule has 1 heterocycles. The van der Waals surface area contributed by atoms with E-state index >= 15 is 0 Å². The zero-order chi connectivity index (χ0) is 8.32. The third-order valence-electron chi connectivity index (χ3n) is 2.66. The molecule has 2 heteroatoms. The number of hydrogen-bond acceptors (Lipinski definition) is 2. The van der Waals surface area contributed by atoms with Crippen molar-refractivity contribution in [1.82, 2.24) is 4.90 Å². The van der Waals surface area contributed by atoms with Gasteiger partial charge in [-0.25, -0.2) is 0 Å². The highest BCUT2D eigenvalue weighted by Gasteiger charge is 2.35. The highest BCUT2D eigenvalue weighted by atomic mass is 16.5. The number of rotatable bonds is 4. The molecule has 0 N–H and O–H groups in total. The van der Waals surface area contributed by atoms with E-state index in [9.17, 15) is 0 Å². The Morgan fingerprint density at radius 1 is 1.36 bits per heavy atom. The molecule has 0 saturated carbocycles. The van der Waals surface area contributed by atoms with Gasteiger partial charge < -0.3 is 9.64 Å². The first-order chi connectivity index (χ1) is 5.18. The molecule has 66 valence electrons. The van der Waals surface area contributed by atoms with Crippen LogP contribution >= 0.6 is 0 Å². The van der Waals surface area contributed by atoms with Gasteiger partial charge in [0.05, 0.1) is 13.2 Å². The van der Waals surface area contributed by atoms with Crippen LogP contribution < -0.4 is 0 Å². The van der Waals surface area contributed by atoms with E-state index in [2.05, 4.69) is 25.9 Å². The molecule has 1 aliphatic heterocycles. The van der Waals surface area contributed by atoms with Crippen LogP contribution in [-0.4, -0.2) is 38.8 Å². The first-order valence-electron chi connectivity index (χ1n) is 4.41. The van der Waals surface area contributed by atoms with Gasteiger partial charge in [-0.3, -0.25) is 0 Å². The predicted octanol–water partition coefficient (Wildman–Crippen LogP) is 1.36. The number of ether oxygens (including phenoxy) is 1. The maximum atomic E-state index is 5.24. The van der Waals surface area contributed by atoms with Crippen LogP contribution in [0, 0.1) is 5.41 Å². The Kier molecular flexibility index (Phi) is 2.90. The van der Waals surface area contributed by atoms with Gasteiger partial charge >= 0.3 is 0 Å². The first-order valence-corrected chi connectivity index (χ1v) is 4.41. The monoisotopic (exact) mass is 157 g/mol. The molecular formula is C9H19NO. The van der Waals surface area contributed by atoms with E-state index in [4.69, 9.17) is 4.74 Å². The van der Waals surface area contributed by atoms with Crippen molar-refractivity contribution < 1.29 is 4.74 Å². The van der Waals surface area contributed by atoms with Crippen LogP contribution in [0.25, 0.3) is 0 Å².